The van der Waals surface area contributed by atoms with E-state index in [0.29, 0.717) is 11.4 Å². The second-order valence-corrected chi connectivity index (χ2v) is 4.87. The van der Waals surface area contributed by atoms with E-state index < -0.39 is 11.0 Å². The van der Waals surface area contributed by atoms with Crippen molar-refractivity contribution in [3.63, 3.8) is 0 Å². The van der Waals surface area contributed by atoms with Crippen LogP contribution in [0.15, 0.2) is 48.5 Å². The Kier molecular flexibility index (Phi) is 4.73. The number of nitrogens with one attached hydrogen (secondary N) is 1. The lowest BCUT2D eigenvalue weighted by molar-refractivity contribution is -0.384. The molecular weight excluding hydrogens is 284 g/mol. The van der Waals surface area contributed by atoms with Crippen molar-refractivity contribution in [2.75, 3.05) is 5.32 Å². The maximum Gasteiger partial charge on any atom is 0.271 e. The number of aryl methyl sites for hydroxylation is 1. The molecule has 1 amide bonds. The summed E-state index contributed by atoms with van der Waals surface area (Å²) in [6, 6.07) is 13.1. The summed E-state index contributed by atoms with van der Waals surface area (Å²) in [4.78, 5) is 22.3. The van der Waals surface area contributed by atoms with Gasteiger partial charge in [0, 0.05) is 17.8 Å². The molecule has 0 saturated heterocycles. The van der Waals surface area contributed by atoms with Crippen LogP contribution in [0.25, 0.3) is 0 Å². The lowest BCUT2D eigenvalue weighted by Gasteiger charge is -2.14. The molecule has 0 aromatic heterocycles. The number of benzene rings is 2. The minimum Gasteiger partial charge on any atom is -0.481 e. The lowest BCUT2D eigenvalue weighted by atomic mass is 10.2. The van der Waals surface area contributed by atoms with Gasteiger partial charge in [0.05, 0.1) is 4.92 Å². The fourth-order valence-electron chi connectivity index (χ4n) is 1.82. The Labute approximate surface area is 127 Å². The fourth-order valence-corrected chi connectivity index (χ4v) is 1.82. The average Bonchev–Trinajstić information content (AvgIpc) is 2.49. The number of ether oxygens (including phenoxy) is 1. The number of amides is 1. The van der Waals surface area contributed by atoms with Gasteiger partial charge in [-0.05, 0) is 32.0 Å². The van der Waals surface area contributed by atoms with Gasteiger partial charge in [0.1, 0.15) is 5.75 Å². The van der Waals surface area contributed by atoms with E-state index in [9.17, 15) is 14.9 Å². The first-order chi connectivity index (χ1) is 10.5. The minimum atomic E-state index is -0.720. The largest absolute Gasteiger partial charge is 0.481 e. The Morgan fingerprint density at radius 1 is 1.23 bits per heavy atom. The van der Waals surface area contributed by atoms with Crippen LogP contribution in [0.3, 0.4) is 0 Å². The summed E-state index contributed by atoms with van der Waals surface area (Å²) in [7, 11) is 0. The molecule has 2 rings (SSSR count). The molecule has 0 unspecified atom stereocenters. The van der Waals surface area contributed by atoms with Crippen LogP contribution in [0, 0.1) is 17.0 Å². The summed E-state index contributed by atoms with van der Waals surface area (Å²) in [5.74, 6) is 0.216. The minimum absolute atomic E-state index is 0.0788. The van der Waals surface area contributed by atoms with Crippen molar-refractivity contribution in [2.45, 2.75) is 20.0 Å². The number of nitro groups is 1. The Bertz CT molecular complexity index is 683. The van der Waals surface area contributed by atoms with Gasteiger partial charge in [-0.25, -0.2) is 0 Å². The highest BCUT2D eigenvalue weighted by Gasteiger charge is 2.16. The Balaban J connectivity index is 2.00. The molecule has 6 heteroatoms. The highest BCUT2D eigenvalue weighted by molar-refractivity contribution is 5.94. The Morgan fingerprint density at radius 3 is 2.55 bits per heavy atom. The Hall–Kier alpha value is -2.89. The van der Waals surface area contributed by atoms with Crippen molar-refractivity contribution < 1.29 is 14.5 Å². The number of carbonyl (C=O) groups excluding carboxylic acids is 1. The van der Waals surface area contributed by atoms with Crippen LogP contribution in [0.5, 0.6) is 5.75 Å². The van der Waals surface area contributed by atoms with Crippen molar-refractivity contribution in [1.82, 2.24) is 0 Å². The number of non-ortho nitro benzene ring substituents is 1. The predicted molar refractivity (Wildman–Crippen MR) is 83.0 cm³/mol. The molecule has 0 spiro atoms. The second kappa shape index (κ2) is 6.71. The second-order valence-electron chi connectivity index (χ2n) is 4.87. The molecule has 0 bridgehead atoms. The zero-order chi connectivity index (χ0) is 16.1. The first-order valence-corrected chi connectivity index (χ1v) is 6.74. The standard InChI is InChI=1S/C16H16N2O4/c1-11-6-8-15(9-7-11)22-12(2)16(19)17-13-4-3-5-14(10-13)18(20)21/h3-10,12H,1-2H3,(H,17,19)/t12-/m1/s1. The highest BCUT2D eigenvalue weighted by atomic mass is 16.6. The third-order valence-corrected chi connectivity index (χ3v) is 3.03. The number of nitrogens with zero attached hydrogens (tertiary/aromatic N) is 1. The van der Waals surface area contributed by atoms with Gasteiger partial charge in [-0.3, -0.25) is 14.9 Å². The van der Waals surface area contributed by atoms with E-state index in [0.717, 1.165) is 5.56 Å². The van der Waals surface area contributed by atoms with Gasteiger partial charge in [-0.2, -0.15) is 0 Å². The number of rotatable bonds is 5. The van der Waals surface area contributed by atoms with E-state index in [1.54, 1.807) is 25.1 Å². The van der Waals surface area contributed by atoms with Crippen LogP contribution in [-0.2, 0) is 4.79 Å². The van der Waals surface area contributed by atoms with Crippen molar-refractivity contribution >= 4 is 17.3 Å². The maximum atomic E-state index is 12.1. The summed E-state index contributed by atoms with van der Waals surface area (Å²) in [6.07, 6.45) is -0.720. The summed E-state index contributed by atoms with van der Waals surface area (Å²) in [5, 5.41) is 13.3. The van der Waals surface area contributed by atoms with E-state index in [1.165, 1.54) is 18.2 Å². The van der Waals surface area contributed by atoms with Gasteiger partial charge in [0.25, 0.3) is 11.6 Å². The maximum absolute atomic E-state index is 12.1. The first-order valence-electron chi connectivity index (χ1n) is 6.74. The molecule has 2 aromatic rings. The van der Waals surface area contributed by atoms with Gasteiger partial charge >= 0.3 is 0 Å². The van der Waals surface area contributed by atoms with Gasteiger partial charge in [-0.1, -0.05) is 23.8 Å². The van der Waals surface area contributed by atoms with Crippen LogP contribution in [0.2, 0.25) is 0 Å². The number of hydrogen-bond acceptors (Lipinski definition) is 4. The smallest absolute Gasteiger partial charge is 0.271 e. The van der Waals surface area contributed by atoms with Crippen LogP contribution in [0.4, 0.5) is 11.4 Å². The lowest BCUT2D eigenvalue weighted by Crippen LogP contribution is -2.30. The SMILES string of the molecule is Cc1ccc(O[C@H](C)C(=O)Nc2cccc([N+](=O)[O-])c2)cc1. The van der Waals surface area contributed by atoms with Crippen LogP contribution in [0.1, 0.15) is 12.5 Å². The van der Waals surface area contributed by atoms with Gasteiger partial charge < -0.3 is 10.1 Å². The molecule has 1 atom stereocenters. The third kappa shape index (κ3) is 4.05. The van der Waals surface area contributed by atoms with E-state index in [-0.39, 0.29) is 11.6 Å². The molecular formula is C16H16N2O4. The molecule has 1 N–H and O–H groups in total. The van der Waals surface area contributed by atoms with E-state index in [2.05, 4.69) is 5.32 Å². The average molecular weight is 300 g/mol. The van der Waals surface area contributed by atoms with E-state index in [4.69, 9.17) is 4.74 Å². The Morgan fingerprint density at radius 2 is 1.91 bits per heavy atom. The summed E-state index contributed by atoms with van der Waals surface area (Å²) in [5.41, 5.74) is 1.38. The van der Waals surface area contributed by atoms with Crippen LogP contribution >= 0.6 is 0 Å². The summed E-state index contributed by atoms with van der Waals surface area (Å²) in [6.45, 7) is 3.58. The summed E-state index contributed by atoms with van der Waals surface area (Å²) < 4.78 is 5.54. The highest BCUT2D eigenvalue weighted by Crippen LogP contribution is 2.18. The van der Waals surface area contributed by atoms with Crippen molar-refractivity contribution in [3.8, 4) is 5.75 Å². The molecule has 0 saturated carbocycles. The number of nitro benzene ring substituents is 1. The first kappa shape index (κ1) is 15.5. The molecule has 0 aliphatic rings. The zero-order valence-corrected chi connectivity index (χ0v) is 12.3. The van der Waals surface area contributed by atoms with Crippen molar-refractivity contribution in [1.29, 1.82) is 0 Å². The third-order valence-electron chi connectivity index (χ3n) is 3.03. The number of carbonyl (C=O) groups is 1. The molecule has 0 radical (unpaired) electrons. The molecule has 114 valence electrons. The van der Waals surface area contributed by atoms with Crippen LogP contribution in [-0.4, -0.2) is 16.9 Å². The van der Waals surface area contributed by atoms with Crippen molar-refractivity contribution in [2.24, 2.45) is 0 Å². The number of anilines is 1. The molecule has 0 aliphatic heterocycles. The quantitative estimate of drug-likeness (QED) is 0.678. The molecule has 22 heavy (non-hydrogen) atoms. The predicted octanol–water partition coefficient (Wildman–Crippen LogP) is 3.31. The molecule has 0 fully saturated rings. The molecule has 2 aromatic carbocycles. The van der Waals surface area contributed by atoms with Gasteiger partial charge in [0.2, 0.25) is 0 Å². The van der Waals surface area contributed by atoms with E-state index >= 15 is 0 Å². The fraction of sp³-hybridized carbons (Fsp3) is 0.188. The normalized spacial score (nSPS) is 11.5. The van der Waals surface area contributed by atoms with E-state index in [1.807, 2.05) is 19.1 Å². The monoisotopic (exact) mass is 300 g/mol. The molecule has 6 nitrogen and oxygen atoms in total. The van der Waals surface area contributed by atoms with Crippen LogP contribution < -0.4 is 10.1 Å². The topological polar surface area (TPSA) is 81.5 Å². The summed E-state index contributed by atoms with van der Waals surface area (Å²) >= 11 is 0. The van der Waals surface area contributed by atoms with Gasteiger partial charge in [0.15, 0.2) is 6.10 Å². The molecule has 0 heterocycles. The van der Waals surface area contributed by atoms with Gasteiger partial charge in [-0.15, -0.1) is 0 Å². The molecule has 0 aliphatic carbocycles. The number of hydrogen-bond donors (Lipinski definition) is 1. The van der Waals surface area contributed by atoms with Crippen molar-refractivity contribution in [3.05, 3.63) is 64.2 Å². The zero-order valence-electron chi connectivity index (χ0n) is 12.3.